The summed E-state index contributed by atoms with van der Waals surface area (Å²) in [6, 6.07) is -1.13. The van der Waals surface area contributed by atoms with Crippen LogP contribution in [0.5, 0.6) is 0 Å². The van der Waals surface area contributed by atoms with Crippen LogP contribution in [0, 0.1) is 11.8 Å². The first-order valence-corrected chi connectivity index (χ1v) is 15.3. The van der Waals surface area contributed by atoms with E-state index >= 15 is 0 Å². The molecule has 41 heavy (non-hydrogen) atoms. The zero-order valence-electron chi connectivity index (χ0n) is 23.3. The van der Waals surface area contributed by atoms with Crippen LogP contribution in [0.4, 0.5) is 0 Å². The van der Waals surface area contributed by atoms with Gasteiger partial charge in [-0.05, 0) is 62.5 Å². The van der Waals surface area contributed by atoms with Crippen molar-refractivity contribution in [2.75, 3.05) is 26.2 Å². The normalized spacial score (nSPS) is 31.4. The molecule has 5 aliphatic heterocycles. The third-order valence-corrected chi connectivity index (χ3v) is 11.0. The van der Waals surface area contributed by atoms with E-state index in [2.05, 4.69) is 36.4 Å². The lowest BCUT2D eigenvalue weighted by atomic mass is 9.78. The third kappa shape index (κ3) is 4.91. The number of carbonyl (C=O) groups excluding carboxylic acids is 3. The number of likely N-dealkylation sites (tertiary alicyclic amines) is 1. The van der Waals surface area contributed by atoms with Gasteiger partial charge in [0.25, 0.3) is 0 Å². The first kappa shape index (κ1) is 28.1. The van der Waals surface area contributed by atoms with Gasteiger partial charge in [0.1, 0.15) is 18.6 Å². The van der Waals surface area contributed by atoms with Crippen molar-refractivity contribution < 1.29 is 24.3 Å². The van der Waals surface area contributed by atoms with Crippen molar-refractivity contribution >= 4 is 35.5 Å². The molecule has 0 aliphatic carbocycles. The van der Waals surface area contributed by atoms with Crippen LogP contribution >= 0.6 is 11.8 Å². The van der Waals surface area contributed by atoms with Crippen LogP contribution in [0.1, 0.15) is 46.0 Å². The number of hydrogen-bond donors (Lipinski definition) is 4. The largest absolute Gasteiger partial charge is 0.477 e. The number of hydrogen-bond acceptors (Lipinski definition) is 10. The summed E-state index contributed by atoms with van der Waals surface area (Å²) in [6.45, 7) is 6.89. The Balaban J connectivity index is 1.10. The van der Waals surface area contributed by atoms with Crippen LogP contribution < -0.4 is 16.0 Å². The Hall–Kier alpha value is -3.04. The lowest BCUT2D eigenvalue weighted by Gasteiger charge is -2.47. The predicted octanol–water partition coefficient (Wildman–Crippen LogP) is -0.841. The monoisotopic (exact) mass is 587 g/mol. The first-order valence-electron chi connectivity index (χ1n) is 14.4. The highest BCUT2D eigenvalue weighted by molar-refractivity contribution is 8.03. The van der Waals surface area contributed by atoms with Gasteiger partial charge in [-0.25, -0.2) is 9.48 Å². The summed E-state index contributed by atoms with van der Waals surface area (Å²) in [6.07, 6.45) is 6.01. The average Bonchev–Trinajstić information content (AvgIpc) is 3.73. The van der Waals surface area contributed by atoms with Crippen molar-refractivity contribution in [1.29, 1.82) is 0 Å². The number of carbonyl (C=O) groups is 4. The number of nitrogens with zero attached hydrogens (tertiary/aromatic N) is 6. The lowest BCUT2D eigenvalue weighted by Crippen LogP contribution is -2.66. The van der Waals surface area contributed by atoms with Crippen molar-refractivity contribution in [3.63, 3.8) is 0 Å². The van der Waals surface area contributed by atoms with Gasteiger partial charge in [0, 0.05) is 40.7 Å². The van der Waals surface area contributed by atoms with Crippen molar-refractivity contribution in [3.8, 4) is 0 Å². The van der Waals surface area contributed by atoms with Crippen LogP contribution in [0.25, 0.3) is 0 Å². The minimum absolute atomic E-state index is 0.0167. The van der Waals surface area contributed by atoms with E-state index in [0.717, 1.165) is 45.3 Å². The first-order chi connectivity index (χ1) is 19.7. The van der Waals surface area contributed by atoms with Gasteiger partial charge < -0.3 is 30.9 Å². The smallest absolute Gasteiger partial charge is 0.353 e. The van der Waals surface area contributed by atoms with Crippen molar-refractivity contribution in [1.82, 2.24) is 46.0 Å². The molecule has 15 heteroatoms. The van der Waals surface area contributed by atoms with Crippen LogP contribution in [0.3, 0.4) is 0 Å². The number of amides is 3. The number of thioether (sulfide) groups is 1. The van der Waals surface area contributed by atoms with Gasteiger partial charge in [0.2, 0.25) is 17.7 Å². The maximum absolute atomic E-state index is 13.6. The maximum atomic E-state index is 13.6. The number of nitrogens with one attached hydrogen (secondary N) is 3. The number of tetrazole rings is 1. The summed E-state index contributed by atoms with van der Waals surface area (Å²) in [5, 5.41) is 30.5. The van der Waals surface area contributed by atoms with E-state index in [9.17, 15) is 24.3 Å². The molecule has 14 nitrogen and oxygen atoms in total. The molecular weight excluding hydrogens is 550 g/mol. The Kier molecular flexibility index (Phi) is 7.53. The van der Waals surface area contributed by atoms with Crippen molar-refractivity contribution in [2.45, 2.75) is 81.4 Å². The van der Waals surface area contributed by atoms with Crippen LogP contribution in [0.2, 0.25) is 0 Å². The van der Waals surface area contributed by atoms with E-state index in [1.54, 1.807) is 6.92 Å². The molecule has 4 fully saturated rings. The van der Waals surface area contributed by atoms with Gasteiger partial charge in [-0.15, -0.1) is 16.9 Å². The highest BCUT2D eigenvalue weighted by Crippen LogP contribution is 2.52. The molecule has 4 N–H and O–H groups in total. The Morgan fingerprint density at radius 2 is 2.05 bits per heavy atom. The fourth-order valence-electron chi connectivity index (χ4n) is 7.53. The van der Waals surface area contributed by atoms with E-state index in [-0.39, 0.29) is 58.8 Å². The Bertz CT molecular complexity index is 1250. The molecule has 6 rings (SSSR count). The van der Waals surface area contributed by atoms with Gasteiger partial charge in [-0.3, -0.25) is 14.4 Å². The molecule has 1 aromatic rings. The topological polar surface area (TPSA) is 175 Å². The highest BCUT2D eigenvalue weighted by atomic mass is 32.2. The van der Waals surface area contributed by atoms with E-state index < -0.39 is 17.9 Å². The van der Waals surface area contributed by atoms with Crippen molar-refractivity contribution in [3.05, 3.63) is 16.9 Å². The molecule has 0 radical (unpaired) electrons. The number of β-lactam (4-membered cyclic amide) rings is 1. The fraction of sp³-hybridized carbons (Fsp3) is 0.731. The van der Waals surface area contributed by atoms with Crippen LogP contribution in [-0.2, 0) is 25.7 Å². The van der Waals surface area contributed by atoms with Gasteiger partial charge in [0.05, 0.1) is 18.0 Å². The summed E-state index contributed by atoms with van der Waals surface area (Å²) in [5.41, 5.74) is -0.00196. The number of aromatic nitrogens is 4. The Morgan fingerprint density at radius 1 is 1.27 bits per heavy atom. The van der Waals surface area contributed by atoms with E-state index in [1.807, 2.05) is 6.92 Å². The quantitative estimate of drug-likeness (QED) is 0.279. The number of fused-ring (bicyclic) bond motifs is 1. The highest BCUT2D eigenvalue weighted by Gasteiger charge is 2.60. The number of carboxylic acids is 1. The maximum Gasteiger partial charge on any atom is 0.353 e. The molecule has 6 atom stereocenters. The average molecular weight is 588 g/mol. The zero-order chi connectivity index (χ0) is 28.9. The van der Waals surface area contributed by atoms with E-state index in [4.69, 9.17) is 0 Å². The van der Waals surface area contributed by atoms with Gasteiger partial charge in [-0.2, -0.15) is 0 Å². The molecule has 222 valence electrons. The zero-order valence-corrected chi connectivity index (χ0v) is 24.1. The Labute approximate surface area is 242 Å². The molecule has 1 aromatic heterocycles. The van der Waals surface area contributed by atoms with Crippen molar-refractivity contribution in [2.24, 2.45) is 11.8 Å². The molecule has 4 saturated heterocycles. The predicted molar refractivity (Wildman–Crippen MR) is 147 cm³/mol. The number of piperidine rings is 1. The summed E-state index contributed by atoms with van der Waals surface area (Å²) >= 11 is 1.48. The summed E-state index contributed by atoms with van der Waals surface area (Å²) < 4.78 is 1.29. The molecule has 3 amide bonds. The molecule has 6 heterocycles. The molecule has 1 spiro atoms. The second-order valence-corrected chi connectivity index (χ2v) is 13.2. The number of carboxylic acid groups (broad SMARTS) is 1. The SMILES string of the molecule is C[C@@H](NC(=O)Cn1cnnn1)[C@H]1C(=O)N2C(C(=O)O)=C(S[C@@H]3CNC(C(=O)N4CCCC45CCNCC5)C3)[C@H](C)[C@H]12. The number of aliphatic carboxylic acids is 1. The molecule has 0 aromatic carbocycles. The fourth-order valence-corrected chi connectivity index (χ4v) is 9.01. The molecule has 0 saturated carbocycles. The van der Waals surface area contributed by atoms with Gasteiger partial charge in [-0.1, -0.05) is 6.92 Å². The summed E-state index contributed by atoms with van der Waals surface area (Å²) in [7, 11) is 0. The summed E-state index contributed by atoms with van der Waals surface area (Å²) in [5.74, 6) is -2.36. The molecule has 1 unspecified atom stereocenters. The third-order valence-electron chi connectivity index (χ3n) is 9.49. The Morgan fingerprint density at radius 3 is 2.76 bits per heavy atom. The van der Waals surface area contributed by atoms with Crippen LogP contribution in [0.15, 0.2) is 16.9 Å². The van der Waals surface area contributed by atoms with Gasteiger partial charge in [0.15, 0.2) is 0 Å². The lowest BCUT2D eigenvalue weighted by molar-refractivity contribution is -0.158. The molecular formula is C26H37N9O5S. The summed E-state index contributed by atoms with van der Waals surface area (Å²) in [4.78, 5) is 55.9. The second kappa shape index (κ2) is 11.0. The van der Waals surface area contributed by atoms with E-state index in [0.29, 0.717) is 17.9 Å². The van der Waals surface area contributed by atoms with Crippen LogP contribution in [-0.4, -0.2) is 114 Å². The molecule has 0 bridgehead atoms. The number of rotatable bonds is 8. The second-order valence-electron chi connectivity index (χ2n) is 11.9. The van der Waals surface area contributed by atoms with Gasteiger partial charge >= 0.3 is 5.97 Å². The minimum atomic E-state index is -1.13. The molecule has 5 aliphatic rings. The minimum Gasteiger partial charge on any atom is -0.477 e. The standard InChI is InChI=1S/C26H37N9O5S/c1-14-20-19(15(2)30-18(36)12-33-13-29-31-32-33)24(38)35(20)21(25(39)40)22(14)41-16-10-17(28-11-16)23(37)34-9-3-4-26(34)5-7-27-8-6-26/h13-17,19-20,27-28H,3-12H2,1-2H3,(H,30,36)(H,39,40)/t14-,15-,16+,17?,19-,20-/m1/s1. The van der Waals surface area contributed by atoms with E-state index in [1.165, 1.54) is 27.7 Å².